The molecule has 3 rings (SSSR count). The summed E-state index contributed by atoms with van der Waals surface area (Å²) in [7, 11) is 0. The van der Waals surface area contributed by atoms with E-state index in [2.05, 4.69) is 25.8 Å². The Kier molecular flexibility index (Phi) is 5.79. The zero-order valence-electron chi connectivity index (χ0n) is 16.6. The van der Waals surface area contributed by atoms with E-state index in [4.69, 9.17) is 4.74 Å². The first kappa shape index (κ1) is 19.4. The van der Waals surface area contributed by atoms with Crippen molar-refractivity contribution < 1.29 is 9.53 Å². The monoisotopic (exact) mass is 371 g/mol. The van der Waals surface area contributed by atoms with Crippen LogP contribution >= 0.6 is 0 Å². The van der Waals surface area contributed by atoms with Gasteiger partial charge in [-0.15, -0.1) is 0 Å². The van der Waals surface area contributed by atoms with E-state index < -0.39 is 0 Å². The normalized spacial score (nSPS) is 16.5. The molecule has 1 aromatic heterocycles. The highest BCUT2D eigenvalue weighted by atomic mass is 16.5. The van der Waals surface area contributed by atoms with Crippen LogP contribution in [0.5, 0.6) is 0 Å². The number of carbonyl (C=O) groups is 1. The number of hydrogen-bond acceptors (Lipinski definition) is 4. The van der Waals surface area contributed by atoms with Crippen molar-refractivity contribution in [3.8, 4) is 0 Å². The summed E-state index contributed by atoms with van der Waals surface area (Å²) in [5, 5.41) is 14.5. The molecule has 7 nitrogen and oxygen atoms in total. The van der Waals surface area contributed by atoms with Gasteiger partial charge in [-0.25, -0.2) is 4.99 Å². The highest BCUT2D eigenvalue weighted by Crippen LogP contribution is 2.22. The molecule has 7 heteroatoms. The number of nitrogens with one attached hydrogen (secondary N) is 3. The maximum atomic E-state index is 12.5. The van der Waals surface area contributed by atoms with Crippen molar-refractivity contribution >= 4 is 28.6 Å². The van der Waals surface area contributed by atoms with Crippen molar-refractivity contribution in [3.05, 3.63) is 23.8 Å². The summed E-state index contributed by atoms with van der Waals surface area (Å²) in [6.07, 6.45) is 2.33. The molecule has 0 saturated carbocycles. The van der Waals surface area contributed by atoms with Gasteiger partial charge in [0.25, 0.3) is 0 Å². The topological polar surface area (TPSA) is 91.4 Å². The van der Waals surface area contributed by atoms with E-state index in [9.17, 15) is 4.79 Å². The number of amides is 1. The molecule has 1 aromatic carbocycles. The van der Waals surface area contributed by atoms with Gasteiger partial charge < -0.3 is 10.1 Å². The Morgan fingerprint density at radius 2 is 2.07 bits per heavy atom. The number of rotatable bonds is 3. The minimum atomic E-state index is -0.336. The van der Waals surface area contributed by atoms with Crippen LogP contribution in [0.15, 0.2) is 23.2 Å². The first-order valence-electron chi connectivity index (χ1n) is 9.49. The van der Waals surface area contributed by atoms with E-state index in [1.54, 1.807) is 0 Å². The fourth-order valence-electron chi connectivity index (χ4n) is 3.16. The van der Waals surface area contributed by atoms with Crippen molar-refractivity contribution in [2.45, 2.75) is 52.5 Å². The number of aliphatic imine (C=N–C) groups is 1. The molecule has 1 fully saturated rings. The number of H-pyrrole nitrogens is 1. The van der Waals surface area contributed by atoms with Gasteiger partial charge in [-0.3, -0.25) is 15.2 Å². The lowest BCUT2D eigenvalue weighted by Gasteiger charge is -2.22. The first-order valence-corrected chi connectivity index (χ1v) is 9.49. The van der Waals surface area contributed by atoms with Gasteiger partial charge in [-0.1, -0.05) is 6.07 Å². The second kappa shape index (κ2) is 8.08. The van der Waals surface area contributed by atoms with E-state index in [1.165, 1.54) is 0 Å². The predicted molar refractivity (Wildman–Crippen MR) is 108 cm³/mol. The number of aromatic amines is 1. The summed E-state index contributed by atoms with van der Waals surface area (Å²) < 4.78 is 5.37. The highest BCUT2D eigenvalue weighted by molar-refractivity contribution is 6.07. The number of benzene rings is 1. The van der Waals surface area contributed by atoms with E-state index in [0.29, 0.717) is 24.1 Å². The molecule has 27 heavy (non-hydrogen) atoms. The van der Waals surface area contributed by atoms with Crippen molar-refractivity contribution in [3.63, 3.8) is 0 Å². The van der Waals surface area contributed by atoms with Crippen molar-refractivity contribution in [1.29, 1.82) is 0 Å². The average molecular weight is 371 g/mol. The number of guanidine groups is 1. The molecule has 1 aliphatic heterocycles. The lowest BCUT2D eigenvalue weighted by Crippen LogP contribution is -2.39. The molecular weight excluding hydrogens is 342 g/mol. The fourth-order valence-corrected chi connectivity index (χ4v) is 3.16. The third kappa shape index (κ3) is 5.53. The van der Waals surface area contributed by atoms with Crippen molar-refractivity contribution in [2.75, 3.05) is 18.5 Å². The number of fused-ring (bicyclic) bond motifs is 1. The molecule has 1 saturated heterocycles. The summed E-state index contributed by atoms with van der Waals surface area (Å²) in [5.41, 5.74) is 1.77. The number of hydrogen-bond donors (Lipinski definition) is 3. The number of anilines is 1. The number of aryl methyl sites for hydroxylation is 1. The van der Waals surface area contributed by atoms with E-state index in [0.717, 1.165) is 42.5 Å². The number of carbonyl (C=O) groups excluding carboxylic acids is 1. The maximum Gasteiger partial charge on any atom is 0.226 e. The zero-order valence-corrected chi connectivity index (χ0v) is 16.6. The van der Waals surface area contributed by atoms with Gasteiger partial charge in [0.05, 0.1) is 11.1 Å². The molecule has 0 radical (unpaired) electrons. The third-order valence-electron chi connectivity index (χ3n) is 4.48. The standard InChI is InChI=1S/C20H29N5O2/c1-13-5-6-15-16(11-13)24-25-18(15)22-19(23-20(2,3)4)21-17(26)12-14-7-9-27-10-8-14/h5-6,11,14H,7-10,12H2,1-4H3,(H3,21,22,23,24,25,26). The molecule has 3 N–H and O–H groups in total. The van der Waals surface area contributed by atoms with Crippen LogP contribution in [0.2, 0.25) is 0 Å². The summed E-state index contributed by atoms with van der Waals surface area (Å²) in [6, 6.07) is 6.08. The van der Waals surface area contributed by atoms with Crippen LogP contribution in [-0.2, 0) is 9.53 Å². The summed E-state index contributed by atoms with van der Waals surface area (Å²) in [5.74, 6) is 1.41. The van der Waals surface area contributed by atoms with Crippen LogP contribution in [-0.4, -0.2) is 40.8 Å². The SMILES string of the molecule is Cc1ccc2c(NC(=NC(C)(C)C)NC(=O)CC3CCOCC3)n[nH]c2c1. The Balaban J connectivity index is 1.74. The van der Waals surface area contributed by atoms with Crippen LogP contribution in [0.4, 0.5) is 5.82 Å². The number of nitrogens with zero attached hydrogens (tertiary/aromatic N) is 2. The van der Waals surface area contributed by atoms with Gasteiger partial charge in [0.1, 0.15) is 0 Å². The van der Waals surface area contributed by atoms with E-state index in [-0.39, 0.29) is 11.4 Å². The van der Waals surface area contributed by atoms with Gasteiger partial charge >= 0.3 is 0 Å². The Labute approximate surface area is 160 Å². The smallest absolute Gasteiger partial charge is 0.226 e. The summed E-state index contributed by atoms with van der Waals surface area (Å²) >= 11 is 0. The van der Waals surface area contributed by atoms with Crippen LogP contribution in [0.25, 0.3) is 10.9 Å². The molecule has 2 heterocycles. The molecule has 1 amide bonds. The van der Waals surface area contributed by atoms with Gasteiger partial charge in [0, 0.05) is 25.0 Å². The van der Waals surface area contributed by atoms with Crippen LogP contribution in [0, 0.1) is 12.8 Å². The zero-order chi connectivity index (χ0) is 19.4. The molecule has 2 aromatic rings. The van der Waals surface area contributed by atoms with Gasteiger partial charge in [-0.05, 0) is 64.2 Å². The average Bonchev–Trinajstić information content (AvgIpc) is 2.96. The molecule has 0 spiro atoms. The number of aromatic nitrogens is 2. The Hall–Kier alpha value is -2.41. The Morgan fingerprint density at radius 3 is 2.78 bits per heavy atom. The number of ether oxygens (including phenoxy) is 1. The summed E-state index contributed by atoms with van der Waals surface area (Å²) in [4.78, 5) is 17.2. The molecule has 0 atom stereocenters. The van der Waals surface area contributed by atoms with Gasteiger partial charge in [0.15, 0.2) is 5.82 Å². The van der Waals surface area contributed by atoms with Crippen LogP contribution < -0.4 is 10.6 Å². The molecular formula is C20H29N5O2. The van der Waals surface area contributed by atoms with Crippen molar-refractivity contribution in [2.24, 2.45) is 10.9 Å². The van der Waals surface area contributed by atoms with E-state index >= 15 is 0 Å². The lowest BCUT2D eigenvalue weighted by molar-refractivity contribution is -0.121. The second-order valence-electron chi connectivity index (χ2n) is 8.19. The van der Waals surface area contributed by atoms with Gasteiger partial charge in [0.2, 0.25) is 11.9 Å². The Bertz CT molecular complexity index is 828. The van der Waals surface area contributed by atoms with Crippen LogP contribution in [0.3, 0.4) is 0 Å². The van der Waals surface area contributed by atoms with E-state index in [1.807, 2.05) is 45.9 Å². The van der Waals surface area contributed by atoms with Gasteiger partial charge in [-0.2, -0.15) is 5.10 Å². The summed E-state index contributed by atoms with van der Waals surface area (Å²) in [6.45, 7) is 9.48. The third-order valence-corrected chi connectivity index (χ3v) is 4.48. The van der Waals surface area contributed by atoms with Crippen molar-refractivity contribution in [1.82, 2.24) is 15.5 Å². The molecule has 1 aliphatic rings. The quantitative estimate of drug-likeness (QED) is 0.570. The largest absolute Gasteiger partial charge is 0.381 e. The predicted octanol–water partition coefficient (Wildman–Crippen LogP) is 3.37. The van der Waals surface area contributed by atoms with Crippen LogP contribution in [0.1, 0.15) is 45.6 Å². The minimum absolute atomic E-state index is 0.0342. The Morgan fingerprint density at radius 1 is 1.33 bits per heavy atom. The molecule has 0 bridgehead atoms. The maximum absolute atomic E-state index is 12.5. The molecule has 0 aliphatic carbocycles. The second-order valence-corrected chi connectivity index (χ2v) is 8.19. The fraction of sp³-hybridized carbons (Fsp3) is 0.550. The minimum Gasteiger partial charge on any atom is -0.381 e. The first-order chi connectivity index (χ1) is 12.8. The highest BCUT2D eigenvalue weighted by Gasteiger charge is 2.20. The molecule has 146 valence electrons. The molecule has 0 unspecified atom stereocenters. The lowest BCUT2D eigenvalue weighted by atomic mass is 9.96.